The van der Waals surface area contributed by atoms with Crippen LogP contribution in [-0.4, -0.2) is 59.2 Å². The predicted octanol–water partition coefficient (Wildman–Crippen LogP) is 3.81. The van der Waals surface area contributed by atoms with Crippen LogP contribution in [0.4, 0.5) is 5.82 Å². The van der Waals surface area contributed by atoms with Crippen molar-refractivity contribution in [3.8, 4) is 16.9 Å². The van der Waals surface area contributed by atoms with Crippen LogP contribution in [0.5, 0.6) is 0 Å². The van der Waals surface area contributed by atoms with Crippen molar-refractivity contribution in [1.29, 1.82) is 0 Å². The Morgan fingerprint density at radius 1 is 0.971 bits per heavy atom. The molecule has 1 N–H and O–H groups in total. The SMILES string of the molecule is O=C(CN1CCC2(CC1)OCCO2)Nc1cc(-c2ccc3c(c2)CCC3)nn1-c1ccccc1. The summed E-state index contributed by atoms with van der Waals surface area (Å²) in [5.41, 5.74) is 5.72. The second kappa shape index (κ2) is 8.98. The summed E-state index contributed by atoms with van der Waals surface area (Å²) in [7, 11) is 0. The van der Waals surface area contributed by atoms with Crippen LogP contribution in [0.15, 0.2) is 54.6 Å². The minimum Gasteiger partial charge on any atom is -0.347 e. The molecule has 7 nitrogen and oxygen atoms in total. The van der Waals surface area contributed by atoms with E-state index >= 15 is 0 Å². The van der Waals surface area contributed by atoms with Gasteiger partial charge >= 0.3 is 0 Å². The molecule has 6 rings (SSSR count). The van der Waals surface area contributed by atoms with Crippen molar-refractivity contribution in [2.45, 2.75) is 37.9 Å². The first-order chi connectivity index (χ1) is 16.7. The highest BCUT2D eigenvalue weighted by atomic mass is 16.7. The van der Waals surface area contributed by atoms with Gasteiger partial charge in [-0.15, -0.1) is 0 Å². The largest absolute Gasteiger partial charge is 0.347 e. The third-order valence-corrected chi connectivity index (χ3v) is 7.17. The fraction of sp³-hybridized carbons (Fsp3) is 0.407. The van der Waals surface area contributed by atoms with Crippen LogP contribution >= 0.6 is 0 Å². The van der Waals surface area contributed by atoms with Crippen LogP contribution in [0.1, 0.15) is 30.4 Å². The van der Waals surface area contributed by atoms with Crippen molar-refractivity contribution in [2.24, 2.45) is 0 Å². The van der Waals surface area contributed by atoms with E-state index in [9.17, 15) is 4.79 Å². The Hall–Kier alpha value is -3.00. The fourth-order valence-electron chi connectivity index (χ4n) is 5.33. The van der Waals surface area contributed by atoms with Crippen molar-refractivity contribution in [3.63, 3.8) is 0 Å². The number of piperidine rings is 1. The highest BCUT2D eigenvalue weighted by molar-refractivity contribution is 5.92. The summed E-state index contributed by atoms with van der Waals surface area (Å²) in [6.45, 7) is 3.23. The Bertz CT molecular complexity index is 1170. The zero-order valence-corrected chi connectivity index (χ0v) is 19.3. The number of aromatic nitrogens is 2. The van der Waals surface area contributed by atoms with Gasteiger partial charge in [-0.2, -0.15) is 5.10 Å². The van der Waals surface area contributed by atoms with Gasteiger partial charge in [-0.1, -0.05) is 30.3 Å². The Morgan fingerprint density at radius 2 is 1.74 bits per heavy atom. The predicted molar refractivity (Wildman–Crippen MR) is 130 cm³/mol. The first kappa shape index (κ1) is 21.5. The number of carbonyl (C=O) groups excluding carboxylic acids is 1. The lowest BCUT2D eigenvalue weighted by molar-refractivity contribution is -0.185. The van der Waals surface area contributed by atoms with Gasteiger partial charge < -0.3 is 14.8 Å². The summed E-state index contributed by atoms with van der Waals surface area (Å²) < 4.78 is 13.4. The number of carbonyl (C=O) groups is 1. The molecule has 1 aromatic heterocycles. The Balaban J connectivity index is 1.21. The number of hydrogen-bond acceptors (Lipinski definition) is 5. The second-order valence-corrected chi connectivity index (χ2v) is 9.43. The van der Waals surface area contributed by atoms with Crippen molar-refractivity contribution in [2.75, 3.05) is 38.2 Å². The van der Waals surface area contributed by atoms with E-state index in [0.717, 1.165) is 55.7 Å². The van der Waals surface area contributed by atoms with E-state index in [1.165, 1.54) is 17.5 Å². The maximum atomic E-state index is 13.0. The zero-order valence-electron chi connectivity index (χ0n) is 19.3. The number of likely N-dealkylation sites (tertiary alicyclic amines) is 1. The van der Waals surface area contributed by atoms with Gasteiger partial charge in [-0.3, -0.25) is 9.69 Å². The minimum atomic E-state index is -0.427. The molecule has 3 aromatic rings. The number of nitrogens with one attached hydrogen (secondary N) is 1. The Morgan fingerprint density at radius 3 is 2.53 bits per heavy atom. The summed E-state index contributed by atoms with van der Waals surface area (Å²) in [5.74, 6) is 0.216. The quantitative estimate of drug-likeness (QED) is 0.630. The number of fused-ring (bicyclic) bond motifs is 1. The van der Waals surface area contributed by atoms with Crippen LogP contribution in [-0.2, 0) is 27.1 Å². The molecular weight excluding hydrogens is 428 g/mol. The van der Waals surface area contributed by atoms with E-state index < -0.39 is 5.79 Å². The number of aryl methyl sites for hydroxylation is 2. The molecule has 1 aliphatic carbocycles. The van der Waals surface area contributed by atoms with Crippen molar-refractivity contribution in [1.82, 2.24) is 14.7 Å². The zero-order chi connectivity index (χ0) is 23.0. The van der Waals surface area contributed by atoms with Gasteiger partial charge in [-0.05, 0) is 48.6 Å². The molecule has 176 valence electrons. The van der Waals surface area contributed by atoms with E-state index in [4.69, 9.17) is 14.6 Å². The number of rotatable bonds is 5. The molecule has 0 bridgehead atoms. The monoisotopic (exact) mass is 458 g/mol. The lowest BCUT2D eigenvalue weighted by Gasteiger charge is -2.37. The van der Waals surface area contributed by atoms with E-state index in [-0.39, 0.29) is 5.91 Å². The normalized spacial score (nSPS) is 19.4. The number of hydrogen-bond donors (Lipinski definition) is 1. The van der Waals surface area contributed by atoms with E-state index in [1.807, 2.05) is 41.1 Å². The standard InChI is InChI=1S/C27H30N4O3/c32-26(19-30-13-11-27(12-14-30)33-15-16-34-27)28-25-18-24(29-31(25)23-7-2-1-3-8-23)22-10-9-20-5-4-6-21(20)17-22/h1-3,7-10,17-18H,4-6,11-16,19H2,(H,28,32). The minimum absolute atomic E-state index is 0.0400. The molecule has 2 aliphatic heterocycles. The third kappa shape index (κ3) is 4.27. The number of amides is 1. The van der Waals surface area contributed by atoms with Gasteiger partial charge in [0, 0.05) is 37.6 Å². The topological polar surface area (TPSA) is 68.6 Å². The molecule has 2 fully saturated rings. The number of benzene rings is 2. The number of ether oxygens (including phenoxy) is 2. The third-order valence-electron chi connectivity index (χ3n) is 7.17. The summed E-state index contributed by atoms with van der Waals surface area (Å²) in [6.07, 6.45) is 5.09. The smallest absolute Gasteiger partial charge is 0.239 e. The molecule has 34 heavy (non-hydrogen) atoms. The van der Waals surface area contributed by atoms with Gasteiger partial charge in [0.05, 0.1) is 31.1 Å². The molecule has 1 amide bonds. The fourth-order valence-corrected chi connectivity index (χ4v) is 5.33. The molecule has 2 aromatic carbocycles. The average molecular weight is 459 g/mol. The van der Waals surface area contributed by atoms with Gasteiger partial charge in [0.2, 0.25) is 5.91 Å². The van der Waals surface area contributed by atoms with Crippen LogP contribution in [0.2, 0.25) is 0 Å². The van der Waals surface area contributed by atoms with Gasteiger partial charge in [0.15, 0.2) is 5.79 Å². The lowest BCUT2D eigenvalue weighted by atomic mass is 10.0. The Labute approximate surface area is 199 Å². The van der Waals surface area contributed by atoms with Crippen LogP contribution < -0.4 is 5.32 Å². The van der Waals surface area contributed by atoms with Crippen LogP contribution in [0.25, 0.3) is 16.9 Å². The van der Waals surface area contributed by atoms with E-state index in [2.05, 4.69) is 28.4 Å². The molecule has 0 radical (unpaired) electrons. The molecule has 3 aliphatic rings. The molecule has 1 spiro atoms. The average Bonchev–Trinajstić information content (AvgIpc) is 3.61. The summed E-state index contributed by atoms with van der Waals surface area (Å²) >= 11 is 0. The molecule has 0 atom stereocenters. The number of nitrogens with zero attached hydrogens (tertiary/aromatic N) is 3. The maximum Gasteiger partial charge on any atom is 0.239 e. The second-order valence-electron chi connectivity index (χ2n) is 9.43. The summed E-state index contributed by atoms with van der Waals surface area (Å²) in [6, 6.07) is 18.5. The first-order valence-electron chi connectivity index (χ1n) is 12.3. The van der Waals surface area contributed by atoms with Gasteiger partial charge in [0.1, 0.15) is 5.82 Å². The summed E-state index contributed by atoms with van der Waals surface area (Å²) in [4.78, 5) is 15.2. The van der Waals surface area contributed by atoms with Crippen molar-refractivity contribution < 1.29 is 14.3 Å². The van der Waals surface area contributed by atoms with Gasteiger partial charge in [-0.25, -0.2) is 4.68 Å². The van der Waals surface area contributed by atoms with E-state index in [1.54, 1.807) is 0 Å². The first-order valence-corrected chi connectivity index (χ1v) is 12.3. The number of anilines is 1. The molecule has 3 heterocycles. The Kier molecular flexibility index (Phi) is 5.69. The molecule has 7 heteroatoms. The van der Waals surface area contributed by atoms with Crippen molar-refractivity contribution in [3.05, 3.63) is 65.7 Å². The highest BCUT2D eigenvalue weighted by Crippen LogP contribution is 2.32. The number of para-hydroxylation sites is 1. The summed E-state index contributed by atoms with van der Waals surface area (Å²) in [5, 5.41) is 8.00. The molecule has 0 saturated carbocycles. The molecular formula is C27H30N4O3. The molecule has 0 unspecified atom stereocenters. The van der Waals surface area contributed by atoms with Crippen molar-refractivity contribution >= 4 is 11.7 Å². The van der Waals surface area contributed by atoms with Crippen LogP contribution in [0, 0.1) is 0 Å². The lowest BCUT2D eigenvalue weighted by Crippen LogP contribution is -2.47. The molecule has 2 saturated heterocycles. The van der Waals surface area contributed by atoms with Crippen LogP contribution in [0.3, 0.4) is 0 Å². The highest BCUT2D eigenvalue weighted by Gasteiger charge is 2.40. The van der Waals surface area contributed by atoms with E-state index in [0.29, 0.717) is 25.6 Å². The van der Waals surface area contributed by atoms with Gasteiger partial charge in [0.25, 0.3) is 0 Å². The maximum absolute atomic E-state index is 13.0.